The zero-order valence-electron chi connectivity index (χ0n) is 14.8. The molecule has 7 nitrogen and oxygen atoms in total. The zero-order valence-corrected chi connectivity index (χ0v) is 14.8. The van der Waals surface area contributed by atoms with Crippen LogP contribution in [0, 0.1) is 0 Å². The quantitative estimate of drug-likeness (QED) is 0.864. The standard InChI is InChI=1S/C16H19F2N5O.CH4O.H2/c1-23-9-19-8-13(23)11-7-12(14(17)18)22-15(21-11)16(24)20-10-5-3-2-4-6-10;1-2;/h7-10,14H,2-6H2,1H3,(H,20,24);2H,1H3;1H. The molecule has 144 valence electrons. The molecule has 2 aromatic rings. The van der Waals surface area contributed by atoms with Gasteiger partial charge in [0.05, 0.1) is 23.9 Å². The molecule has 1 saturated carbocycles. The molecule has 0 saturated heterocycles. The summed E-state index contributed by atoms with van der Waals surface area (Å²) in [4.78, 5) is 24.2. The Morgan fingerprint density at radius 1 is 1.31 bits per heavy atom. The second-order valence-corrected chi connectivity index (χ2v) is 6.00. The zero-order chi connectivity index (χ0) is 19.1. The molecule has 0 unspecified atom stereocenters. The van der Waals surface area contributed by atoms with E-state index in [0.717, 1.165) is 39.2 Å². The minimum Gasteiger partial charge on any atom is -0.400 e. The molecular weight excluding hydrogens is 344 g/mol. The van der Waals surface area contributed by atoms with Crippen molar-refractivity contribution in [3.63, 3.8) is 0 Å². The van der Waals surface area contributed by atoms with Crippen LogP contribution in [0.5, 0.6) is 0 Å². The second kappa shape index (κ2) is 9.33. The molecular formula is C17H25F2N5O2. The third kappa shape index (κ3) is 4.81. The Balaban J connectivity index is 0.00000118. The summed E-state index contributed by atoms with van der Waals surface area (Å²) < 4.78 is 27.9. The molecule has 1 aliphatic carbocycles. The first-order valence-electron chi connectivity index (χ1n) is 8.44. The van der Waals surface area contributed by atoms with Gasteiger partial charge in [-0.25, -0.2) is 23.7 Å². The highest BCUT2D eigenvalue weighted by atomic mass is 19.3. The van der Waals surface area contributed by atoms with Gasteiger partial charge in [-0.15, -0.1) is 0 Å². The molecule has 0 aliphatic heterocycles. The molecule has 0 atom stereocenters. The lowest BCUT2D eigenvalue weighted by Gasteiger charge is -2.22. The van der Waals surface area contributed by atoms with Crippen LogP contribution in [0.25, 0.3) is 11.4 Å². The minimum absolute atomic E-state index is 0. The first-order valence-corrected chi connectivity index (χ1v) is 8.44. The summed E-state index contributed by atoms with van der Waals surface area (Å²) in [5.41, 5.74) is 0.343. The van der Waals surface area contributed by atoms with E-state index in [2.05, 4.69) is 20.3 Å². The van der Waals surface area contributed by atoms with Crippen LogP contribution >= 0.6 is 0 Å². The lowest BCUT2D eigenvalue weighted by molar-refractivity contribution is 0.0914. The van der Waals surface area contributed by atoms with Crippen molar-refractivity contribution in [1.82, 2.24) is 24.8 Å². The van der Waals surface area contributed by atoms with Crippen molar-refractivity contribution in [2.45, 2.75) is 44.6 Å². The minimum atomic E-state index is -2.78. The van der Waals surface area contributed by atoms with Crippen molar-refractivity contribution >= 4 is 5.91 Å². The van der Waals surface area contributed by atoms with Gasteiger partial charge < -0.3 is 15.0 Å². The SMILES string of the molecule is CO.Cn1cncc1-c1cc(C(F)F)nc(C(=O)NC2CCCCC2)n1.[HH]. The number of aryl methyl sites for hydroxylation is 1. The number of imidazole rings is 1. The number of halogens is 2. The summed E-state index contributed by atoms with van der Waals surface area (Å²) in [6, 6.07) is 1.25. The van der Waals surface area contributed by atoms with Crippen molar-refractivity contribution in [1.29, 1.82) is 0 Å². The van der Waals surface area contributed by atoms with Crippen LogP contribution in [0.3, 0.4) is 0 Å². The number of rotatable bonds is 4. The molecule has 1 amide bonds. The number of nitrogens with one attached hydrogen (secondary N) is 1. The van der Waals surface area contributed by atoms with Crippen LogP contribution < -0.4 is 5.32 Å². The van der Waals surface area contributed by atoms with Crippen LogP contribution in [-0.4, -0.2) is 43.7 Å². The maximum Gasteiger partial charge on any atom is 0.289 e. The number of nitrogens with zero attached hydrogens (tertiary/aromatic N) is 4. The first-order chi connectivity index (χ1) is 12.5. The molecule has 9 heteroatoms. The van der Waals surface area contributed by atoms with E-state index >= 15 is 0 Å². The maximum absolute atomic E-state index is 13.1. The second-order valence-electron chi connectivity index (χ2n) is 6.00. The van der Waals surface area contributed by atoms with E-state index in [1.807, 2.05) is 0 Å². The highest BCUT2D eigenvalue weighted by molar-refractivity contribution is 5.91. The van der Waals surface area contributed by atoms with E-state index < -0.39 is 18.0 Å². The predicted octanol–water partition coefficient (Wildman–Crippen LogP) is 2.73. The number of carbonyl (C=O) groups is 1. The maximum atomic E-state index is 13.1. The van der Waals surface area contributed by atoms with E-state index in [1.165, 1.54) is 12.3 Å². The van der Waals surface area contributed by atoms with Gasteiger partial charge in [0.15, 0.2) is 0 Å². The number of hydrogen-bond donors (Lipinski definition) is 2. The van der Waals surface area contributed by atoms with Gasteiger partial charge in [-0.1, -0.05) is 19.3 Å². The van der Waals surface area contributed by atoms with E-state index in [9.17, 15) is 13.6 Å². The van der Waals surface area contributed by atoms with Gasteiger partial charge in [0, 0.05) is 21.6 Å². The fraction of sp³-hybridized carbons (Fsp3) is 0.529. The number of aliphatic hydroxyl groups is 1. The Morgan fingerprint density at radius 2 is 2.00 bits per heavy atom. The van der Waals surface area contributed by atoms with Crippen LogP contribution in [0.1, 0.15) is 56.3 Å². The smallest absolute Gasteiger partial charge is 0.289 e. The molecule has 3 rings (SSSR count). The van der Waals surface area contributed by atoms with Gasteiger partial charge >= 0.3 is 0 Å². The number of amides is 1. The van der Waals surface area contributed by atoms with Crippen molar-refractivity contribution in [2.75, 3.05) is 7.11 Å². The fourth-order valence-electron chi connectivity index (χ4n) is 2.91. The van der Waals surface area contributed by atoms with E-state index in [-0.39, 0.29) is 19.0 Å². The lowest BCUT2D eigenvalue weighted by Crippen LogP contribution is -2.37. The summed E-state index contributed by atoms with van der Waals surface area (Å²) in [5.74, 6) is -0.734. The van der Waals surface area contributed by atoms with Gasteiger partial charge in [-0.2, -0.15) is 0 Å². The van der Waals surface area contributed by atoms with Crippen LogP contribution in [0.15, 0.2) is 18.6 Å². The molecule has 0 radical (unpaired) electrons. The lowest BCUT2D eigenvalue weighted by atomic mass is 9.95. The number of alkyl halides is 2. The molecule has 0 aromatic carbocycles. The van der Waals surface area contributed by atoms with Gasteiger partial charge in [0.25, 0.3) is 12.3 Å². The number of hydrogen-bond acceptors (Lipinski definition) is 5. The molecule has 1 aliphatic rings. The van der Waals surface area contributed by atoms with Crippen LogP contribution in [0.4, 0.5) is 8.78 Å². The number of carbonyl (C=O) groups excluding carboxylic acids is 1. The Hall–Kier alpha value is -2.42. The summed E-state index contributed by atoms with van der Waals surface area (Å²) in [6.07, 6.45) is 5.35. The molecule has 2 aromatic heterocycles. The van der Waals surface area contributed by atoms with Crippen molar-refractivity contribution in [3.8, 4) is 11.4 Å². The molecule has 0 bridgehead atoms. The molecule has 1 fully saturated rings. The Morgan fingerprint density at radius 3 is 2.58 bits per heavy atom. The van der Waals surface area contributed by atoms with Gasteiger partial charge in [-0.3, -0.25) is 4.79 Å². The monoisotopic (exact) mass is 369 g/mol. The largest absolute Gasteiger partial charge is 0.400 e. The van der Waals surface area contributed by atoms with E-state index in [1.54, 1.807) is 17.9 Å². The van der Waals surface area contributed by atoms with E-state index in [4.69, 9.17) is 5.11 Å². The van der Waals surface area contributed by atoms with Gasteiger partial charge in [0.2, 0.25) is 5.82 Å². The first kappa shape index (κ1) is 19.9. The third-order valence-corrected chi connectivity index (χ3v) is 4.19. The number of aliphatic hydroxyl groups excluding tert-OH is 1. The molecule has 2 N–H and O–H groups in total. The normalized spacial score (nSPS) is 14.7. The predicted molar refractivity (Wildman–Crippen MR) is 93.8 cm³/mol. The van der Waals surface area contributed by atoms with E-state index in [0.29, 0.717) is 5.69 Å². The molecule has 26 heavy (non-hydrogen) atoms. The summed E-state index contributed by atoms with van der Waals surface area (Å²) in [7, 11) is 2.73. The summed E-state index contributed by atoms with van der Waals surface area (Å²) in [6.45, 7) is 0. The van der Waals surface area contributed by atoms with Crippen molar-refractivity contribution in [2.24, 2.45) is 7.05 Å². The third-order valence-electron chi connectivity index (χ3n) is 4.19. The Kier molecular flexibility index (Phi) is 7.14. The topological polar surface area (TPSA) is 92.9 Å². The van der Waals surface area contributed by atoms with Crippen LogP contribution in [-0.2, 0) is 7.05 Å². The van der Waals surface area contributed by atoms with Gasteiger partial charge in [-0.05, 0) is 18.9 Å². The highest BCUT2D eigenvalue weighted by Crippen LogP contribution is 2.23. The molecule has 2 heterocycles. The Labute approximate surface area is 152 Å². The average molecular weight is 369 g/mol. The van der Waals surface area contributed by atoms with Crippen molar-refractivity contribution in [3.05, 3.63) is 30.1 Å². The van der Waals surface area contributed by atoms with Gasteiger partial charge in [0.1, 0.15) is 5.69 Å². The Bertz CT molecular complexity index is 736. The van der Waals surface area contributed by atoms with Crippen LogP contribution in [0.2, 0.25) is 0 Å². The summed E-state index contributed by atoms with van der Waals surface area (Å²) >= 11 is 0. The van der Waals surface area contributed by atoms with Crippen molar-refractivity contribution < 1.29 is 20.1 Å². The highest BCUT2D eigenvalue weighted by Gasteiger charge is 2.22. The molecule has 0 spiro atoms. The average Bonchev–Trinajstić information content (AvgIpc) is 3.10. The fourth-order valence-corrected chi connectivity index (χ4v) is 2.91. The number of aromatic nitrogens is 4. The summed E-state index contributed by atoms with van der Waals surface area (Å²) in [5, 5.41) is 9.86.